The smallest absolute Gasteiger partial charge is 0.203 e. The summed E-state index contributed by atoms with van der Waals surface area (Å²) in [6.45, 7) is 5.13. The molecule has 0 amide bonds. The van der Waals surface area contributed by atoms with Gasteiger partial charge in [-0.05, 0) is 13.8 Å². The summed E-state index contributed by atoms with van der Waals surface area (Å²) in [4.78, 5) is 8.59. The van der Waals surface area contributed by atoms with Gasteiger partial charge in [0.25, 0.3) is 0 Å². The van der Waals surface area contributed by atoms with E-state index in [-0.39, 0.29) is 0 Å². The molecule has 0 atom stereocenters. The zero-order valence-electron chi connectivity index (χ0n) is 10.6. The molecule has 0 aliphatic carbocycles. The largest absolute Gasteiger partial charge is 0.355 e. The van der Waals surface area contributed by atoms with Crippen LogP contribution in [0.1, 0.15) is 25.7 Å². The third-order valence-electron chi connectivity index (χ3n) is 2.78. The van der Waals surface area contributed by atoms with E-state index < -0.39 is 0 Å². The summed E-state index contributed by atoms with van der Waals surface area (Å²) in [5.74, 6) is 2.01. The lowest BCUT2D eigenvalue weighted by Gasteiger charge is -2.12. The molecule has 2 rings (SSSR count). The van der Waals surface area contributed by atoms with Gasteiger partial charge in [0, 0.05) is 50.8 Å². The fourth-order valence-corrected chi connectivity index (χ4v) is 1.79. The number of imidazole rings is 2. The number of anilines is 1. The van der Waals surface area contributed by atoms with Crippen LogP contribution in [0.25, 0.3) is 0 Å². The van der Waals surface area contributed by atoms with Gasteiger partial charge in [0.05, 0.1) is 0 Å². The molecule has 5 nitrogen and oxygen atoms in total. The monoisotopic (exact) mass is 233 g/mol. The van der Waals surface area contributed by atoms with E-state index in [9.17, 15) is 0 Å². The molecule has 1 N–H and O–H groups in total. The molecule has 5 heteroatoms. The second-order valence-electron chi connectivity index (χ2n) is 4.38. The van der Waals surface area contributed by atoms with Gasteiger partial charge in [0.2, 0.25) is 5.95 Å². The van der Waals surface area contributed by atoms with Crippen molar-refractivity contribution in [3.05, 3.63) is 30.6 Å². The van der Waals surface area contributed by atoms with Gasteiger partial charge in [-0.15, -0.1) is 0 Å². The molecule has 0 aromatic carbocycles. The maximum absolute atomic E-state index is 4.30. The molecule has 0 saturated heterocycles. The number of hydrogen-bond donors (Lipinski definition) is 1. The van der Waals surface area contributed by atoms with Crippen molar-refractivity contribution in [2.24, 2.45) is 7.05 Å². The lowest BCUT2D eigenvalue weighted by molar-refractivity contribution is 0.604. The van der Waals surface area contributed by atoms with E-state index in [0.29, 0.717) is 6.04 Å². The molecular formula is C12H19N5. The number of hydrogen-bond acceptors (Lipinski definition) is 3. The maximum atomic E-state index is 4.30. The Hall–Kier alpha value is -1.78. The lowest BCUT2D eigenvalue weighted by Crippen LogP contribution is -2.13. The number of aryl methyl sites for hydroxylation is 1. The molecule has 0 saturated carbocycles. The zero-order chi connectivity index (χ0) is 12.3. The van der Waals surface area contributed by atoms with Crippen molar-refractivity contribution in [2.75, 3.05) is 11.9 Å². The summed E-state index contributed by atoms with van der Waals surface area (Å²) in [5.41, 5.74) is 0. The fourth-order valence-electron chi connectivity index (χ4n) is 1.79. The van der Waals surface area contributed by atoms with Gasteiger partial charge in [-0.2, -0.15) is 0 Å². The fraction of sp³-hybridized carbons (Fsp3) is 0.500. The molecule has 2 heterocycles. The normalized spacial score (nSPS) is 11.1. The predicted molar refractivity (Wildman–Crippen MR) is 68.0 cm³/mol. The van der Waals surface area contributed by atoms with E-state index in [1.165, 1.54) is 0 Å². The average Bonchev–Trinajstić information content (AvgIpc) is 2.88. The quantitative estimate of drug-likeness (QED) is 0.857. The van der Waals surface area contributed by atoms with Crippen LogP contribution >= 0.6 is 0 Å². The minimum absolute atomic E-state index is 0.424. The molecule has 0 aliphatic rings. The van der Waals surface area contributed by atoms with E-state index in [0.717, 1.165) is 24.7 Å². The summed E-state index contributed by atoms with van der Waals surface area (Å²) in [7, 11) is 2.01. The Labute approximate surface area is 102 Å². The van der Waals surface area contributed by atoms with E-state index in [2.05, 4.69) is 33.7 Å². The Morgan fingerprint density at radius 2 is 2.00 bits per heavy atom. The van der Waals surface area contributed by atoms with E-state index in [4.69, 9.17) is 0 Å². The van der Waals surface area contributed by atoms with Crippen LogP contribution in [-0.2, 0) is 13.5 Å². The molecule has 92 valence electrons. The molecule has 0 bridgehead atoms. The zero-order valence-corrected chi connectivity index (χ0v) is 10.6. The second kappa shape index (κ2) is 5.03. The van der Waals surface area contributed by atoms with Gasteiger partial charge in [-0.3, -0.25) is 0 Å². The van der Waals surface area contributed by atoms with Crippen molar-refractivity contribution < 1.29 is 0 Å². The molecule has 17 heavy (non-hydrogen) atoms. The van der Waals surface area contributed by atoms with E-state index in [1.54, 1.807) is 0 Å². The summed E-state index contributed by atoms with van der Waals surface area (Å²) < 4.78 is 4.16. The average molecular weight is 233 g/mol. The van der Waals surface area contributed by atoms with Crippen LogP contribution in [0.4, 0.5) is 5.95 Å². The highest BCUT2D eigenvalue weighted by atomic mass is 15.2. The predicted octanol–water partition coefficient (Wildman–Crippen LogP) is 1.85. The number of nitrogens with zero attached hydrogens (tertiary/aromatic N) is 4. The van der Waals surface area contributed by atoms with Crippen LogP contribution in [0.3, 0.4) is 0 Å². The van der Waals surface area contributed by atoms with E-state index in [1.807, 2.05) is 36.4 Å². The lowest BCUT2D eigenvalue weighted by atomic mass is 10.4. The van der Waals surface area contributed by atoms with Crippen molar-refractivity contribution in [1.29, 1.82) is 0 Å². The van der Waals surface area contributed by atoms with E-state index >= 15 is 0 Å². The van der Waals surface area contributed by atoms with Crippen LogP contribution in [0, 0.1) is 0 Å². The number of aromatic nitrogens is 4. The second-order valence-corrected chi connectivity index (χ2v) is 4.38. The molecular weight excluding hydrogens is 214 g/mol. The highest BCUT2D eigenvalue weighted by Gasteiger charge is 2.05. The van der Waals surface area contributed by atoms with Crippen molar-refractivity contribution in [2.45, 2.75) is 26.3 Å². The topological polar surface area (TPSA) is 47.7 Å². The highest BCUT2D eigenvalue weighted by molar-refractivity contribution is 5.26. The Morgan fingerprint density at radius 1 is 1.24 bits per heavy atom. The Kier molecular flexibility index (Phi) is 3.46. The molecule has 0 aliphatic heterocycles. The first-order chi connectivity index (χ1) is 8.18. The molecule has 2 aromatic rings. The van der Waals surface area contributed by atoms with Gasteiger partial charge in [0.15, 0.2) is 0 Å². The Morgan fingerprint density at radius 3 is 2.65 bits per heavy atom. The maximum Gasteiger partial charge on any atom is 0.203 e. The minimum Gasteiger partial charge on any atom is -0.355 e. The van der Waals surface area contributed by atoms with Gasteiger partial charge in [-0.25, -0.2) is 9.97 Å². The van der Waals surface area contributed by atoms with Gasteiger partial charge >= 0.3 is 0 Å². The summed E-state index contributed by atoms with van der Waals surface area (Å²) >= 11 is 0. The molecule has 0 radical (unpaired) electrons. The third-order valence-corrected chi connectivity index (χ3v) is 2.78. The molecule has 2 aromatic heterocycles. The SMILES string of the molecule is CC(C)n1ccnc1NCCc1nccn1C. The minimum atomic E-state index is 0.424. The Balaban J connectivity index is 1.90. The number of rotatable bonds is 5. The van der Waals surface area contributed by atoms with Gasteiger partial charge in [0.1, 0.15) is 5.82 Å². The van der Waals surface area contributed by atoms with Crippen molar-refractivity contribution in [3.63, 3.8) is 0 Å². The Bertz CT molecular complexity index is 469. The van der Waals surface area contributed by atoms with Crippen molar-refractivity contribution in [3.8, 4) is 0 Å². The van der Waals surface area contributed by atoms with Crippen LogP contribution in [0.2, 0.25) is 0 Å². The first-order valence-electron chi connectivity index (χ1n) is 5.91. The van der Waals surface area contributed by atoms with Gasteiger partial charge < -0.3 is 14.5 Å². The van der Waals surface area contributed by atoms with Crippen molar-refractivity contribution in [1.82, 2.24) is 19.1 Å². The van der Waals surface area contributed by atoms with Crippen LogP contribution in [0.15, 0.2) is 24.8 Å². The molecule has 0 fully saturated rings. The number of nitrogens with one attached hydrogen (secondary N) is 1. The molecule has 0 unspecified atom stereocenters. The first-order valence-corrected chi connectivity index (χ1v) is 5.91. The first kappa shape index (κ1) is 11.7. The standard InChI is InChI=1S/C12H19N5/c1-10(2)17-9-7-15-12(17)14-5-4-11-13-6-8-16(11)3/h6-10H,4-5H2,1-3H3,(H,14,15). The molecule has 0 spiro atoms. The summed E-state index contributed by atoms with van der Waals surface area (Å²) in [6.07, 6.45) is 8.50. The summed E-state index contributed by atoms with van der Waals surface area (Å²) in [6, 6.07) is 0.424. The van der Waals surface area contributed by atoms with Crippen molar-refractivity contribution >= 4 is 5.95 Å². The van der Waals surface area contributed by atoms with Crippen LogP contribution in [-0.4, -0.2) is 25.6 Å². The van der Waals surface area contributed by atoms with Gasteiger partial charge in [-0.1, -0.05) is 0 Å². The van der Waals surface area contributed by atoms with Crippen LogP contribution in [0.5, 0.6) is 0 Å². The third kappa shape index (κ3) is 2.67. The van der Waals surface area contributed by atoms with Crippen LogP contribution < -0.4 is 5.32 Å². The highest BCUT2D eigenvalue weighted by Crippen LogP contribution is 2.12. The summed E-state index contributed by atoms with van der Waals surface area (Å²) in [5, 5.41) is 3.34.